The van der Waals surface area contributed by atoms with Crippen LogP contribution >= 0.6 is 0 Å². The van der Waals surface area contributed by atoms with Gasteiger partial charge in [-0.05, 0) is 63.4 Å². The lowest BCUT2D eigenvalue weighted by Gasteiger charge is -2.34. The molecule has 1 aliphatic carbocycles. The fraction of sp³-hybridized carbons (Fsp3) is 0.481. The Kier molecular flexibility index (Phi) is 6.77. The highest BCUT2D eigenvalue weighted by atomic mass is 16.6. The number of carbonyl (C=O) groups is 3. The predicted octanol–water partition coefficient (Wildman–Crippen LogP) is 3.79. The van der Waals surface area contributed by atoms with Crippen LogP contribution in [0.5, 0.6) is 11.5 Å². The molecule has 1 aromatic heterocycles. The van der Waals surface area contributed by atoms with E-state index in [-0.39, 0.29) is 24.6 Å². The first kappa shape index (κ1) is 25.6. The highest BCUT2D eigenvalue weighted by Crippen LogP contribution is 2.39. The number of amides is 3. The highest BCUT2D eigenvalue weighted by molar-refractivity contribution is 5.97. The number of hydrogen-bond acceptors (Lipinski definition) is 8. The first-order chi connectivity index (χ1) is 18.1. The third kappa shape index (κ3) is 5.32. The summed E-state index contributed by atoms with van der Waals surface area (Å²) < 4.78 is 21.9. The van der Waals surface area contributed by atoms with Gasteiger partial charge >= 0.3 is 12.2 Å². The minimum atomic E-state index is -0.595. The molecule has 0 bridgehead atoms. The van der Waals surface area contributed by atoms with E-state index in [0.717, 1.165) is 11.3 Å². The second-order valence-electron chi connectivity index (χ2n) is 10.6. The number of aromatic nitrogens is 1. The fourth-order valence-electron chi connectivity index (χ4n) is 5.00. The summed E-state index contributed by atoms with van der Waals surface area (Å²) in [7, 11) is 1.60. The number of carbonyl (C=O) groups excluding carboxylic acids is 3. The predicted molar refractivity (Wildman–Crippen MR) is 137 cm³/mol. The van der Waals surface area contributed by atoms with Gasteiger partial charge in [0.05, 0.1) is 19.7 Å². The molecule has 2 aliphatic heterocycles. The molecule has 5 rings (SSSR count). The molecule has 3 atom stereocenters. The summed E-state index contributed by atoms with van der Waals surface area (Å²) in [5.74, 6) is 1.70. The summed E-state index contributed by atoms with van der Waals surface area (Å²) in [6.07, 6.45) is 0.351. The normalized spacial score (nSPS) is 22.7. The van der Waals surface area contributed by atoms with Crippen LogP contribution in [0, 0.1) is 0 Å². The van der Waals surface area contributed by atoms with Gasteiger partial charge in [0, 0.05) is 12.5 Å². The lowest BCUT2D eigenvalue weighted by Crippen LogP contribution is -2.48. The molecule has 1 N–H and O–H groups in total. The van der Waals surface area contributed by atoms with Gasteiger partial charge in [0.2, 0.25) is 0 Å². The maximum absolute atomic E-state index is 13.0. The number of methoxy groups -OCH3 is 1. The number of rotatable bonds is 5. The van der Waals surface area contributed by atoms with Crippen molar-refractivity contribution in [3.8, 4) is 11.5 Å². The monoisotopic (exact) mass is 524 g/mol. The summed E-state index contributed by atoms with van der Waals surface area (Å²) in [6, 6.07) is 10.5. The smallest absolute Gasteiger partial charge is 0.416 e. The number of fused-ring (bicyclic) bond motifs is 2. The van der Waals surface area contributed by atoms with Crippen LogP contribution in [-0.2, 0) is 20.8 Å². The maximum atomic E-state index is 13.0. The zero-order valence-electron chi connectivity index (χ0n) is 21.9. The first-order valence-electron chi connectivity index (χ1n) is 12.7. The van der Waals surface area contributed by atoms with Gasteiger partial charge in [0.15, 0.2) is 18.2 Å². The molecule has 0 spiro atoms. The molecule has 1 aromatic carbocycles. The lowest BCUT2D eigenvalue weighted by atomic mass is 9.88. The van der Waals surface area contributed by atoms with Gasteiger partial charge in [-0.15, -0.1) is 0 Å². The summed E-state index contributed by atoms with van der Waals surface area (Å²) in [5.41, 5.74) is 0.304. The van der Waals surface area contributed by atoms with Crippen molar-refractivity contribution in [2.24, 2.45) is 0 Å². The molecule has 11 nitrogen and oxygen atoms in total. The lowest BCUT2D eigenvalue weighted by molar-refractivity contribution is -0.121. The second-order valence-corrected chi connectivity index (χ2v) is 10.6. The Morgan fingerprint density at radius 3 is 2.61 bits per heavy atom. The molecule has 38 heavy (non-hydrogen) atoms. The summed E-state index contributed by atoms with van der Waals surface area (Å²) in [4.78, 5) is 45.8. The van der Waals surface area contributed by atoms with E-state index >= 15 is 0 Å². The van der Waals surface area contributed by atoms with Crippen LogP contribution in [0.1, 0.15) is 45.6 Å². The number of anilines is 2. The van der Waals surface area contributed by atoms with E-state index in [9.17, 15) is 14.4 Å². The van der Waals surface area contributed by atoms with Crippen molar-refractivity contribution in [3.63, 3.8) is 0 Å². The largest absolute Gasteiger partial charge is 0.497 e. The van der Waals surface area contributed by atoms with Crippen molar-refractivity contribution < 1.29 is 33.3 Å². The third-order valence-electron chi connectivity index (χ3n) is 6.74. The van der Waals surface area contributed by atoms with Crippen molar-refractivity contribution in [3.05, 3.63) is 42.0 Å². The molecule has 11 heteroatoms. The van der Waals surface area contributed by atoms with Crippen LogP contribution in [0.2, 0.25) is 0 Å². The van der Waals surface area contributed by atoms with Gasteiger partial charge in [0.25, 0.3) is 5.91 Å². The van der Waals surface area contributed by atoms with Crippen molar-refractivity contribution in [2.75, 3.05) is 23.5 Å². The van der Waals surface area contributed by atoms with Gasteiger partial charge < -0.3 is 24.3 Å². The number of nitrogens with one attached hydrogen (secondary N) is 1. The number of hydrogen-bond donors (Lipinski definition) is 1. The zero-order chi connectivity index (χ0) is 27.0. The van der Waals surface area contributed by atoms with Gasteiger partial charge in [-0.2, -0.15) is 0 Å². The van der Waals surface area contributed by atoms with Crippen molar-refractivity contribution in [1.29, 1.82) is 0 Å². The minimum absolute atomic E-state index is 0.0906. The number of nitrogens with zero attached hydrogens (tertiary/aromatic N) is 3. The standard InChI is InChI=1S/C27H32N4O7/c1-27(2,3)38-25(33)28-17-7-10-19-21(13-17)37-26(34)31(19)22-12-11-20-24(29-22)30(23(32)15-36-20)14-16-5-8-18(35-4)9-6-16/h5-6,8-9,11-12,17,19,21H,7,10,13-15H2,1-4H3,(H,28,33)/t17-,19-,21+/m1/s1. The molecule has 0 radical (unpaired) electrons. The van der Waals surface area contributed by atoms with Crippen molar-refractivity contribution in [1.82, 2.24) is 10.3 Å². The van der Waals surface area contributed by atoms with Crippen LogP contribution in [-0.4, -0.2) is 60.6 Å². The van der Waals surface area contributed by atoms with Crippen LogP contribution in [0.25, 0.3) is 0 Å². The van der Waals surface area contributed by atoms with Gasteiger partial charge in [0.1, 0.15) is 23.3 Å². The molecule has 202 valence electrons. The number of alkyl carbamates (subject to hydrolysis) is 1. The van der Waals surface area contributed by atoms with E-state index in [1.165, 1.54) is 0 Å². The van der Waals surface area contributed by atoms with Gasteiger partial charge in [-0.25, -0.2) is 14.6 Å². The Morgan fingerprint density at radius 2 is 1.89 bits per heavy atom. The molecule has 2 aromatic rings. The van der Waals surface area contributed by atoms with E-state index in [1.807, 2.05) is 45.0 Å². The molecule has 1 saturated heterocycles. The molecular weight excluding hydrogens is 492 g/mol. The number of pyridine rings is 1. The van der Waals surface area contributed by atoms with E-state index in [1.54, 1.807) is 29.0 Å². The van der Waals surface area contributed by atoms with Crippen LogP contribution in [0.4, 0.5) is 21.2 Å². The average molecular weight is 525 g/mol. The Morgan fingerprint density at radius 1 is 1.13 bits per heavy atom. The Bertz CT molecular complexity index is 1230. The van der Waals surface area contributed by atoms with Gasteiger partial charge in [-0.1, -0.05) is 12.1 Å². The molecular formula is C27H32N4O7. The van der Waals surface area contributed by atoms with Crippen LogP contribution in [0.3, 0.4) is 0 Å². The zero-order valence-corrected chi connectivity index (χ0v) is 21.9. The number of ether oxygens (including phenoxy) is 4. The average Bonchev–Trinajstić information content (AvgIpc) is 3.19. The summed E-state index contributed by atoms with van der Waals surface area (Å²) in [6.45, 7) is 5.63. The van der Waals surface area contributed by atoms with Crippen molar-refractivity contribution in [2.45, 2.75) is 70.4 Å². The third-order valence-corrected chi connectivity index (χ3v) is 6.74. The first-order valence-corrected chi connectivity index (χ1v) is 12.7. The highest BCUT2D eigenvalue weighted by Gasteiger charge is 2.47. The topological polar surface area (TPSA) is 120 Å². The Labute approximate surface area is 221 Å². The molecule has 3 amide bonds. The van der Waals surface area contributed by atoms with E-state index in [0.29, 0.717) is 43.2 Å². The summed E-state index contributed by atoms with van der Waals surface area (Å²) in [5, 5.41) is 2.88. The SMILES string of the molecule is COc1ccc(CN2C(=O)COc3ccc(N4C(=O)O[C@H]5C[C@H](NC(=O)OC(C)(C)C)CC[C@H]54)nc32)cc1. The molecule has 3 heterocycles. The Hall–Kier alpha value is -4.02. The van der Waals surface area contributed by atoms with Crippen LogP contribution in [0.15, 0.2) is 36.4 Å². The molecule has 0 unspecified atom stereocenters. The second kappa shape index (κ2) is 10.0. The Balaban J connectivity index is 1.32. The maximum Gasteiger partial charge on any atom is 0.416 e. The molecule has 1 saturated carbocycles. The fourth-order valence-corrected chi connectivity index (χ4v) is 5.00. The van der Waals surface area contributed by atoms with E-state index in [2.05, 4.69) is 5.32 Å². The quantitative estimate of drug-likeness (QED) is 0.628. The number of benzene rings is 1. The minimum Gasteiger partial charge on any atom is -0.497 e. The van der Waals surface area contributed by atoms with E-state index < -0.39 is 23.9 Å². The van der Waals surface area contributed by atoms with Crippen molar-refractivity contribution >= 4 is 29.7 Å². The van der Waals surface area contributed by atoms with E-state index in [4.69, 9.17) is 23.9 Å². The molecule has 3 aliphatic rings. The summed E-state index contributed by atoms with van der Waals surface area (Å²) >= 11 is 0. The molecule has 2 fully saturated rings. The van der Waals surface area contributed by atoms with Crippen LogP contribution < -0.4 is 24.6 Å². The van der Waals surface area contributed by atoms with Gasteiger partial charge in [-0.3, -0.25) is 14.6 Å².